The maximum Gasteiger partial charge on any atom is 0.416 e. The number of fused-ring (bicyclic) bond motifs is 4. The van der Waals surface area contributed by atoms with Gasteiger partial charge in [0.15, 0.2) is 0 Å². The quantitative estimate of drug-likeness (QED) is 0.190. The molecule has 0 radical (unpaired) electrons. The Hall–Kier alpha value is -3.15. The third-order valence-electron chi connectivity index (χ3n) is 9.27. The third kappa shape index (κ3) is 8.00. The molecule has 0 amide bonds. The van der Waals surface area contributed by atoms with Crippen LogP contribution in [0, 0.1) is 0 Å². The molecule has 0 bridgehead atoms. The highest BCUT2D eigenvalue weighted by Crippen LogP contribution is 2.50. The van der Waals surface area contributed by atoms with Crippen LogP contribution in [0.1, 0.15) is 18.9 Å². The molecular formula is C38H44F3N5S2. The summed E-state index contributed by atoms with van der Waals surface area (Å²) in [6.45, 7) is 9.19. The zero-order chi connectivity index (χ0) is 33.8. The van der Waals surface area contributed by atoms with Crippen LogP contribution in [0.15, 0.2) is 111 Å². The van der Waals surface area contributed by atoms with E-state index in [0.29, 0.717) is 18.3 Å². The number of hydrogen-bond donors (Lipinski definition) is 0. The first-order chi connectivity index (χ1) is 23.1. The van der Waals surface area contributed by atoms with E-state index in [0.717, 1.165) is 61.2 Å². The number of halogens is 3. The van der Waals surface area contributed by atoms with E-state index in [1.54, 1.807) is 17.8 Å². The van der Waals surface area contributed by atoms with Gasteiger partial charge in [0.25, 0.3) is 0 Å². The number of benzene rings is 4. The fourth-order valence-corrected chi connectivity index (χ4v) is 8.35. The lowest BCUT2D eigenvalue weighted by Crippen LogP contribution is -2.45. The van der Waals surface area contributed by atoms with Crippen LogP contribution < -0.4 is 9.80 Å². The van der Waals surface area contributed by atoms with Crippen LogP contribution >= 0.6 is 23.5 Å². The molecule has 3 aliphatic rings. The van der Waals surface area contributed by atoms with E-state index >= 15 is 0 Å². The Morgan fingerprint density at radius 1 is 0.667 bits per heavy atom. The van der Waals surface area contributed by atoms with Gasteiger partial charge in [0.05, 0.1) is 28.3 Å². The van der Waals surface area contributed by atoms with Gasteiger partial charge in [-0.2, -0.15) is 13.2 Å². The lowest BCUT2D eigenvalue weighted by atomic mass is 10.1. The molecule has 1 unspecified atom stereocenters. The molecule has 4 aromatic rings. The predicted molar refractivity (Wildman–Crippen MR) is 195 cm³/mol. The van der Waals surface area contributed by atoms with Crippen molar-refractivity contribution in [2.45, 2.75) is 45.1 Å². The first-order valence-electron chi connectivity index (χ1n) is 16.5. The number of piperazine rings is 1. The molecule has 1 atom stereocenters. The minimum absolute atomic E-state index is 0.499. The second kappa shape index (κ2) is 15.2. The van der Waals surface area contributed by atoms with Crippen molar-refractivity contribution in [1.82, 2.24) is 14.7 Å². The zero-order valence-electron chi connectivity index (χ0n) is 28.1. The molecule has 3 heterocycles. The Morgan fingerprint density at radius 2 is 1.17 bits per heavy atom. The van der Waals surface area contributed by atoms with Gasteiger partial charge in [-0.15, -0.1) is 0 Å². The second-order valence-electron chi connectivity index (χ2n) is 12.9. The van der Waals surface area contributed by atoms with Crippen molar-refractivity contribution in [2.24, 2.45) is 0 Å². The van der Waals surface area contributed by atoms with Crippen LogP contribution in [0.5, 0.6) is 0 Å². The second-order valence-corrected chi connectivity index (χ2v) is 15.0. The van der Waals surface area contributed by atoms with Crippen molar-refractivity contribution in [2.75, 3.05) is 76.8 Å². The van der Waals surface area contributed by atoms with E-state index < -0.39 is 11.7 Å². The molecule has 5 nitrogen and oxygen atoms in total. The molecule has 4 aromatic carbocycles. The van der Waals surface area contributed by atoms with E-state index in [-0.39, 0.29) is 0 Å². The summed E-state index contributed by atoms with van der Waals surface area (Å²) in [5.41, 5.74) is 3.72. The van der Waals surface area contributed by atoms with Gasteiger partial charge in [0.1, 0.15) is 0 Å². The maximum absolute atomic E-state index is 13.3. The Morgan fingerprint density at radius 3 is 1.69 bits per heavy atom. The van der Waals surface area contributed by atoms with Gasteiger partial charge in [-0.3, -0.25) is 0 Å². The summed E-state index contributed by atoms with van der Waals surface area (Å²) in [5.74, 6) is 0. The van der Waals surface area contributed by atoms with Crippen LogP contribution in [-0.2, 0) is 6.18 Å². The fourth-order valence-electron chi connectivity index (χ4n) is 6.18. The van der Waals surface area contributed by atoms with Crippen molar-refractivity contribution >= 4 is 46.3 Å². The minimum atomic E-state index is -4.33. The molecule has 0 aromatic heterocycles. The standard InChI is InChI=1S/C21H24F3N3S.C17H20N2S/c1-25-11-13-26(14-12-25)9-4-10-27-17-5-2-3-6-19(17)28-20-8-7-16(15-18(20)27)21(22,23)24;1-13(18(2)3)12-19-14-8-4-6-10-16(14)20-17-11-7-5-9-15(17)19/h2-3,5-8,15H,4,9-14H2,1H3;4-11,13H,12H2,1-3H3. The lowest BCUT2D eigenvalue weighted by Gasteiger charge is -2.36. The molecule has 0 spiro atoms. The number of nitrogens with zero attached hydrogens (tertiary/aromatic N) is 5. The Labute approximate surface area is 291 Å². The summed E-state index contributed by atoms with van der Waals surface area (Å²) in [5, 5.41) is 0. The van der Waals surface area contributed by atoms with Crippen molar-refractivity contribution in [3.63, 3.8) is 0 Å². The smallest absolute Gasteiger partial charge is 0.340 e. The van der Waals surface area contributed by atoms with Crippen LogP contribution in [0.3, 0.4) is 0 Å². The molecule has 0 saturated carbocycles. The predicted octanol–water partition coefficient (Wildman–Crippen LogP) is 9.19. The van der Waals surface area contributed by atoms with Gasteiger partial charge in [-0.05, 0) is 95.6 Å². The van der Waals surface area contributed by atoms with E-state index in [1.165, 1.54) is 33.3 Å². The summed E-state index contributed by atoms with van der Waals surface area (Å²) in [6, 6.07) is 29.9. The van der Waals surface area contributed by atoms with E-state index in [4.69, 9.17) is 0 Å². The Balaban J connectivity index is 0.000000177. The number of rotatable bonds is 7. The molecule has 3 aliphatic heterocycles. The van der Waals surface area contributed by atoms with E-state index in [1.807, 2.05) is 36.0 Å². The topological polar surface area (TPSA) is 16.2 Å². The summed E-state index contributed by atoms with van der Waals surface area (Å²) in [6.07, 6.45) is -3.42. The minimum Gasteiger partial charge on any atom is -0.340 e. The molecule has 48 heavy (non-hydrogen) atoms. The number of alkyl halides is 3. The van der Waals surface area contributed by atoms with Crippen LogP contribution in [-0.4, -0.2) is 87.7 Å². The molecule has 0 aliphatic carbocycles. The molecule has 0 N–H and O–H groups in total. The van der Waals surface area contributed by atoms with Crippen molar-refractivity contribution < 1.29 is 13.2 Å². The van der Waals surface area contributed by atoms with Crippen molar-refractivity contribution in [3.05, 3.63) is 96.6 Å². The summed E-state index contributed by atoms with van der Waals surface area (Å²) in [4.78, 5) is 16.2. The van der Waals surface area contributed by atoms with Crippen LogP contribution in [0.4, 0.5) is 35.9 Å². The molecule has 254 valence electrons. The highest BCUT2D eigenvalue weighted by atomic mass is 32.2. The lowest BCUT2D eigenvalue weighted by molar-refractivity contribution is -0.137. The fraction of sp³-hybridized carbons (Fsp3) is 0.368. The number of para-hydroxylation sites is 3. The van der Waals surface area contributed by atoms with Crippen molar-refractivity contribution in [1.29, 1.82) is 0 Å². The van der Waals surface area contributed by atoms with Gasteiger partial charge in [0.2, 0.25) is 0 Å². The third-order valence-corrected chi connectivity index (χ3v) is 11.5. The van der Waals surface area contributed by atoms with Crippen LogP contribution in [0.2, 0.25) is 0 Å². The monoisotopic (exact) mass is 691 g/mol. The highest BCUT2D eigenvalue weighted by Gasteiger charge is 2.33. The van der Waals surface area contributed by atoms with Gasteiger partial charge in [-0.25, -0.2) is 0 Å². The zero-order valence-corrected chi connectivity index (χ0v) is 29.7. The Kier molecular flexibility index (Phi) is 11.0. The normalized spacial score (nSPS) is 16.8. The van der Waals surface area contributed by atoms with Gasteiger partial charge >= 0.3 is 6.18 Å². The van der Waals surface area contributed by atoms with Gasteiger partial charge < -0.3 is 24.5 Å². The largest absolute Gasteiger partial charge is 0.416 e. The maximum atomic E-state index is 13.3. The summed E-state index contributed by atoms with van der Waals surface area (Å²) in [7, 11) is 6.41. The van der Waals surface area contributed by atoms with E-state index in [2.05, 4.69) is 101 Å². The van der Waals surface area contributed by atoms with E-state index in [9.17, 15) is 13.2 Å². The average Bonchev–Trinajstić information content (AvgIpc) is 3.08. The van der Waals surface area contributed by atoms with Gasteiger partial charge in [0, 0.05) is 64.9 Å². The number of hydrogen-bond acceptors (Lipinski definition) is 7. The Bertz CT molecular complexity index is 1640. The molecule has 7 rings (SSSR count). The molecule has 1 fully saturated rings. The van der Waals surface area contributed by atoms with Crippen molar-refractivity contribution in [3.8, 4) is 0 Å². The summed E-state index contributed by atoms with van der Waals surface area (Å²) < 4.78 is 39.8. The average molecular weight is 692 g/mol. The van der Waals surface area contributed by atoms with Crippen LogP contribution in [0.25, 0.3) is 0 Å². The molecule has 1 saturated heterocycles. The highest BCUT2D eigenvalue weighted by molar-refractivity contribution is 8.00. The SMILES string of the molecule is CC(CN1c2ccccc2Sc2ccccc21)N(C)C.CN1CCN(CCCN2c3ccccc3Sc3ccc(C(F)(F)F)cc32)CC1. The number of anilines is 4. The van der Waals surface area contributed by atoms with Gasteiger partial charge in [-0.1, -0.05) is 59.9 Å². The molecule has 10 heteroatoms. The first kappa shape index (κ1) is 34.7. The number of likely N-dealkylation sites (N-methyl/N-ethyl adjacent to an activating group) is 2. The summed E-state index contributed by atoms with van der Waals surface area (Å²) >= 11 is 3.41. The molecular weight excluding hydrogens is 648 g/mol. The first-order valence-corrected chi connectivity index (χ1v) is 18.2.